The van der Waals surface area contributed by atoms with E-state index in [9.17, 15) is 13.2 Å². The molecule has 0 aromatic carbocycles. The number of hydrogen-bond donors (Lipinski definition) is 0. The molecule has 2 rings (SSSR count). The third-order valence-corrected chi connectivity index (χ3v) is 4.59. The maximum Gasteiger partial charge on any atom is 0.237 e. The summed E-state index contributed by atoms with van der Waals surface area (Å²) in [6.07, 6.45) is 1.62. The third-order valence-electron chi connectivity index (χ3n) is 2.80. The number of Topliss-reactive ketones (excluding diaryl/α,β-unsaturated/α-hetero) is 1. The molecule has 1 atom stereocenters. The van der Waals surface area contributed by atoms with E-state index in [1.165, 1.54) is 25.3 Å². The number of rotatable bonds is 2. The van der Waals surface area contributed by atoms with E-state index < -0.39 is 16.1 Å². The van der Waals surface area contributed by atoms with E-state index in [-0.39, 0.29) is 23.8 Å². The van der Waals surface area contributed by atoms with Gasteiger partial charge in [0.05, 0.1) is 17.4 Å². The zero-order valence-electron chi connectivity index (χ0n) is 9.70. The number of pyridine rings is 1. The van der Waals surface area contributed by atoms with Crippen molar-refractivity contribution in [2.24, 2.45) is 0 Å². The molecule has 1 aliphatic rings. The van der Waals surface area contributed by atoms with E-state index in [1.54, 1.807) is 0 Å². The summed E-state index contributed by atoms with van der Waals surface area (Å²) < 4.78 is 24.9. The predicted octanol–water partition coefficient (Wildman–Crippen LogP) is 0.451. The van der Waals surface area contributed by atoms with Gasteiger partial charge in [0, 0.05) is 6.20 Å². The fourth-order valence-electron chi connectivity index (χ4n) is 1.95. The Labute approximate surface area is 105 Å². The van der Waals surface area contributed by atoms with Crippen molar-refractivity contribution < 1.29 is 13.2 Å². The summed E-state index contributed by atoms with van der Waals surface area (Å²) in [6, 6.07) is 4.06. The molecule has 0 aliphatic carbocycles. The van der Waals surface area contributed by atoms with Gasteiger partial charge >= 0.3 is 0 Å². The van der Waals surface area contributed by atoms with Crippen molar-refractivity contribution in [1.29, 1.82) is 5.26 Å². The van der Waals surface area contributed by atoms with Crippen LogP contribution in [0.2, 0.25) is 0 Å². The predicted molar refractivity (Wildman–Crippen MR) is 64.3 cm³/mol. The molecule has 0 saturated carbocycles. The monoisotopic (exact) mass is 265 g/mol. The Morgan fingerprint density at radius 2 is 2.33 bits per heavy atom. The van der Waals surface area contributed by atoms with Gasteiger partial charge in [-0.3, -0.25) is 4.79 Å². The Bertz CT molecular complexity index is 633. The Hall–Kier alpha value is -1.94. The third kappa shape index (κ3) is 2.07. The van der Waals surface area contributed by atoms with Crippen LogP contribution in [0.4, 0.5) is 5.82 Å². The average molecular weight is 265 g/mol. The fraction of sp³-hybridized carbons (Fsp3) is 0.364. The smallest absolute Gasteiger partial charge is 0.237 e. The lowest BCUT2D eigenvalue weighted by Gasteiger charge is -2.21. The van der Waals surface area contributed by atoms with E-state index in [0.717, 1.165) is 4.31 Å². The highest BCUT2D eigenvalue weighted by molar-refractivity contribution is 7.93. The molecule has 0 spiro atoms. The summed E-state index contributed by atoms with van der Waals surface area (Å²) in [5.41, 5.74) is 0.310. The zero-order chi connectivity index (χ0) is 13.3. The first-order valence-corrected chi connectivity index (χ1v) is 6.95. The molecule has 0 N–H and O–H groups in total. The van der Waals surface area contributed by atoms with Gasteiger partial charge in [0.2, 0.25) is 10.0 Å². The molecule has 0 bridgehead atoms. The second kappa shape index (κ2) is 4.38. The van der Waals surface area contributed by atoms with Crippen molar-refractivity contribution >= 4 is 21.6 Å². The summed E-state index contributed by atoms with van der Waals surface area (Å²) in [7, 11) is -3.52. The topological polar surface area (TPSA) is 91.1 Å². The standard InChI is InChI=1S/C11H11N3O3S/c1-8(15)10-3-5-18(16,17)14(10)11-6-9(7-12)2-4-13-11/h2,4,6,10H,3,5H2,1H3/t10-/m0/s1. The van der Waals surface area contributed by atoms with Gasteiger partial charge in [0.1, 0.15) is 11.9 Å². The molecular weight excluding hydrogens is 254 g/mol. The van der Waals surface area contributed by atoms with Gasteiger partial charge in [-0.1, -0.05) is 0 Å². The SMILES string of the molecule is CC(=O)[C@@H]1CCS(=O)(=O)N1c1cc(C#N)ccn1. The van der Waals surface area contributed by atoms with E-state index in [2.05, 4.69) is 4.98 Å². The van der Waals surface area contributed by atoms with E-state index in [4.69, 9.17) is 5.26 Å². The van der Waals surface area contributed by atoms with Crippen LogP contribution in [0.3, 0.4) is 0 Å². The number of sulfonamides is 1. The first-order valence-electron chi connectivity index (χ1n) is 5.34. The summed E-state index contributed by atoms with van der Waals surface area (Å²) >= 11 is 0. The van der Waals surface area contributed by atoms with Crippen LogP contribution < -0.4 is 4.31 Å². The molecule has 6 nitrogen and oxygen atoms in total. The van der Waals surface area contributed by atoms with Crippen LogP contribution in [-0.2, 0) is 14.8 Å². The maximum atomic E-state index is 11.9. The van der Waals surface area contributed by atoms with Crippen LogP contribution in [0.25, 0.3) is 0 Å². The zero-order valence-corrected chi connectivity index (χ0v) is 10.5. The van der Waals surface area contributed by atoms with Crippen molar-refractivity contribution in [1.82, 2.24) is 4.98 Å². The summed E-state index contributed by atoms with van der Waals surface area (Å²) in [5.74, 6) is -0.164. The van der Waals surface area contributed by atoms with Crippen LogP contribution in [0.1, 0.15) is 18.9 Å². The molecule has 0 amide bonds. The van der Waals surface area contributed by atoms with Crippen molar-refractivity contribution in [2.75, 3.05) is 10.1 Å². The maximum absolute atomic E-state index is 11.9. The Kier molecular flexibility index (Phi) is 3.05. The van der Waals surface area contributed by atoms with E-state index >= 15 is 0 Å². The van der Waals surface area contributed by atoms with Crippen LogP contribution in [-0.4, -0.2) is 31.0 Å². The van der Waals surface area contributed by atoms with E-state index in [0.29, 0.717) is 5.56 Å². The van der Waals surface area contributed by atoms with Gasteiger partial charge in [-0.05, 0) is 25.5 Å². The lowest BCUT2D eigenvalue weighted by molar-refractivity contribution is -0.117. The normalized spacial score (nSPS) is 21.6. The number of ketones is 1. The van der Waals surface area contributed by atoms with Gasteiger partial charge in [0.25, 0.3) is 0 Å². The Morgan fingerprint density at radius 3 is 2.94 bits per heavy atom. The minimum absolute atomic E-state index is 0.0737. The number of nitriles is 1. The second-order valence-electron chi connectivity index (χ2n) is 4.04. The molecule has 1 aromatic rings. The molecule has 1 fully saturated rings. The second-order valence-corrected chi connectivity index (χ2v) is 6.01. The molecule has 0 radical (unpaired) electrons. The van der Waals surface area contributed by atoms with Crippen LogP contribution >= 0.6 is 0 Å². The lowest BCUT2D eigenvalue weighted by atomic mass is 10.1. The molecule has 2 heterocycles. The van der Waals surface area contributed by atoms with Crippen LogP contribution in [0.15, 0.2) is 18.3 Å². The molecule has 0 unspecified atom stereocenters. The minimum Gasteiger partial charge on any atom is -0.298 e. The number of nitrogens with zero attached hydrogens (tertiary/aromatic N) is 3. The van der Waals surface area contributed by atoms with Crippen LogP contribution in [0.5, 0.6) is 0 Å². The highest BCUT2D eigenvalue weighted by atomic mass is 32.2. The molecule has 94 valence electrons. The van der Waals surface area contributed by atoms with Crippen molar-refractivity contribution in [2.45, 2.75) is 19.4 Å². The number of hydrogen-bond acceptors (Lipinski definition) is 5. The minimum atomic E-state index is -3.52. The quantitative estimate of drug-likeness (QED) is 0.774. The lowest BCUT2D eigenvalue weighted by Crippen LogP contribution is -2.38. The van der Waals surface area contributed by atoms with Crippen LogP contribution in [0, 0.1) is 11.3 Å². The first kappa shape index (κ1) is 12.5. The molecule has 1 aromatic heterocycles. The van der Waals surface area contributed by atoms with Gasteiger partial charge in [-0.2, -0.15) is 5.26 Å². The van der Waals surface area contributed by atoms with Gasteiger partial charge in [-0.15, -0.1) is 0 Å². The number of aromatic nitrogens is 1. The van der Waals surface area contributed by atoms with Crippen molar-refractivity contribution in [3.05, 3.63) is 23.9 Å². The molecule has 7 heteroatoms. The summed E-state index contributed by atoms with van der Waals surface area (Å²) in [6.45, 7) is 1.35. The first-order chi connectivity index (χ1) is 8.45. The van der Waals surface area contributed by atoms with Gasteiger partial charge in [0.15, 0.2) is 5.78 Å². The van der Waals surface area contributed by atoms with Gasteiger partial charge < -0.3 is 0 Å². The van der Waals surface area contributed by atoms with Crippen molar-refractivity contribution in [3.8, 4) is 6.07 Å². The number of carbonyl (C=O) groups excluding carboxylic acids is 1. The fourth-order valence-corrected chi connectivity index (χ4v) is 3.69. The summed E-state index contributed by atoms with van der Waals surface area (Å²) in [4.78, 5) is 15.4. The van der Waals surface area contributed by atoms with Gasteiger partial charge in [-0.25, -0.2) is 17.7 Å². The number of anilines is 1. The highest BCUT2D eigenvalue weighted by Gasteiger charge is 2.40. The average Bonchev–Trinajstić information content (AvgIpc) is 2.65. The molecule has 1 aliphatic heterocycles. The molecule has 18 heavy (non-hydrogen) atoms. The largest absolute Gasteiger partial charge is 0.298 e. The Morgan fingerprint density at radius 1 is 1.61 bits per heavy atom. The Balaban J connectivity index is 2.52. The highest BCUT2D eigenvalue weighted by Crippen LogP contribution is 2.28. The number of carbonyl (C=O) groups is 1. The van der Waals surface area contributed by atoms with E-state index in [1.807, 2.05) is 6.07 Å². The molecule has 1 saturated heterocycles. The molecular formula is C11H11N3O3S. The van der Waals surface area contributed by atoms with Crippen molar-refractivity contribution in [3.63, 3.8) is 0 Å². The summed E-state index contributed by atoms with van der Waals surface area (Å²) in [5, 5.41) is 8.80.